The zero-order valence-corrected chi connectivity index (χ0v) is 16.7. The van der Waals surface area contributed by atoms with Crippen LogP contribution < -0.4 is 10.6 Å². The monoisotopic (exact) mass is 414 g/mol. The van der Waals surface area contributed by atoms with Crippen LogP contribution in [0.15, 0.2) is 53.7 Å². The molecule has 0 unspecified atom stereocenters. The van der Waals surface area contributed by atoms with E-state index in [-0.39, 0.29) is 16.7 Å². The van der Waals surface area contributed by atoms with Gasteiger partial charge in [-0.1, -0.05) is 36.7 Å². The maximum Gasteiger partial charge on any atom is 0.316 e. The molecule has 2 N–H and O–H groups in total. The summed E-state index contributed by atoms with van der Waals surface area (Å²) >= 11 is 5.85. The van der Waals surface area contributed by atoms with E-state index in [1.807, 2.05) is 31.2 Å². The van der Waals surface area contributed by atoms with Crippen LogP contribution in [-0.4, -0.2) is 18.9 Å². The van der Waals surface area contributed by atoms with Gasteiger partial charge in [0.25, 0.3) is 0 Å². The van der Waals surface area contributed by atoms with Gasteiger partial charge in [-0.2, -0.15) is 0 Å². The van der Waals surface area contributed by atoms with E-state index in [0.29, 0.717) is 17.6 Å². The minimum absolute atomic E-state index is 0.00568. The van der Waals surface area contributed by atoms with E-state index >= 15 is 0 Å². The first-order chi connectivity index (χ1) is 13.9. The van der Waals surface area contributed by atoms with Crippen molar-refractivity contribution in [3.8, 4) is 0 Å². The molecule has 2 aromatic rings. The molecular weight excluding hydrogens is 395 g/mol. The summed E-state index contributed by atoms with van der Waals surface area (Å²) < 4.78 is 19.1. The number of benzene rings is 2. The first kappa shape index (κ1) is 19.5. The summed E-state index contributed by atoms with van der Waals surface area (Å²) in [6, 6.07) is 11.4. The van der Waals surface area contributed by atoms with Crippen molar-refractivity contribution >= 4 is 34.7 Å². The first-order valence-corrected chi connectivity index (χ1v) is 9.71. The minimum atomic E-state index is -0.900. The largest absolute Gasteiger partial charge is 0.468 e. The predicted molar refractivity (Wildman–Crippen MR) is 109 cm³/mol. The number of hydrogen-bond donors (Lipinski definition) is 2. The molecule has 2 aromatic carbocycles. The molecule has 1 heterocycles. The number of para-hydroxylation sites is 2. The lowest BCUT2D eigenvalue weighted by molar-refractivity contribution is -0.151. The molecule has 3 atom stereocenters. The maximum atomic E-state index is 14.2. The van der Waals surface area contributed by atoms with Gasteiger partial charge in [-0.05, 0) is 42.2 Å². The summed E-state index contributed by atoms with van der Waals surface area (Å²) in [5.74, 6) is -2.58. The number of carbonyl (C=O) groups is 2. The van der Waals surface area contributed by atoms with E-state index in [4.69, 9.17) is 16.3 Å². The van der Waals surface area contributed by atoms with Gasteiger partial charge in [0, 0.05) is 11.3 Å². The van der Waals surface area contributed by atoms with Crippen LogP contribution in [0.1, 0.15) is 24.9 Å². The van der Waals surface area contributed by atoms with Crippen LogP contribution >= 0.6 is 11.6 Å². The Morgan fingerprint density at radius 3 is 2.62 bits per heavy atom. The summed E-state index contributed by atoms with van der Waals surface area (Å²) in [6.07, 6.45) is 0.490. The van der Waals surface area contributed by atoms with E-state index < -0.39 is 23.7 Å². The number of methoxy groups -OCH3 is 1. The quantitative estimate of drug-likeness (QED) is 0.550. The molecule has 0 bridgehead atoms. The number of halogens is 2. The standard InChI is InChI=1S/C22H20ClFN2O3/c1-11-9-17-19(21(27)18(11)22(28)29-2)20(12-7-8-13(23)14(24)10-12)26-16-6-4-3-5-15(16)25-17/h3-8,10-11,18,20,25-26H,9H2,1-2H3/t11-,18+,20-/m0/s1. The van der Waals surface area contributed by atoms with E-state index in [0.717, 1.165) is 17.1 Å². The van der Waals surface area contributed by atoms with Gasteiger partial charge >= 0.3 is 5.97 Å². The second kappa shape index (κ2) is 7.52. The summed E-state index contributed by atoms with van der Waals surface area (Å²) in [4.78, 5) is 25.8. The molecule has 0 amide bonds. The van der Waals surface area contributed by atoms with Crippen LogP contribution in [0, 0.1) is 17.7 Å². The normalized spacial score (nSPS) is 23.3. The lowest BCUT2D eigenvalue weighted by Crippen LogP contribution is -2.39. The van der Waals surface area contributed by atoms with Gasteiger partial charge in [0.15, 0.2) is 5.78 Å². The number of ketones is 1. The van der Waals surface area contributed by atoms with Crippen LogP contribution in [0.2, 0.25) is 5.02 Å². The third kappa shape index (κ3) is 3.38. The molecule has 150 valence electrons. The first-order valence-electron chi connectivity index (χ1n) is 9.33. The van der Waals surface area contributed by atoms with E-state index in [2.05, 4.69) is 10.6 Å². The molecule has 4 rings (SSSR count). The smallest absolute Gasteiger partial charge is 0.316 e. The molecule has 29 heavy (non-hydrogen) atoms. The molecule has 0 saturated carbocycles. The van der Waals surface area contributed by atoms with Gasteiger partial charge in [-0.15, -0.1) is 0 Å². The molecule has 0 aromatic heterocycles. The summed E-state index contributed by atoms with van der Waals surface area (Å²) in [6.45, 7) is 1.85. The lowest BCUT2D eigenvalue weighted by atomic mass is 9.75. The fourth-order valence-electron chi connectivity index (χ4n) is 4.08. The number of esters is 1. The molecule has 0 saturated heterocycles. The predicted octanol–water partition coefficient (Wildman–Crippen LogP) is 4.71. The Bertz CT molecular complexity index is 1040. The molecule has 7 heteroatoms. The number of nitrogens with one attached hydrogen (secondary N) is 2. The summed E-state index contributed by atoms with van der Waals surface area (Å²) in [7, 11) is 1.28. The van der Waals surface area contributed by atoms with Crippen molar-refractivity contribution in [2.45, 2.75) is 19.4 Å². The fourth-order valence-corrected chi connectivity index (χ4v) is 4.19. The molecule has 5 nitrogen and oxygen atoms in total. The van der Waals surface area contributed by atoms with Crippen molar-refractivity contribution < 1.29 is 18.7 Å². The van der Waals surface area contributed by atoms with Crippen LogP contribution in [0.5, 0.6) is 0 Å². The Balaban J connectivity index is 1.89. The fraction of sp³-hybridized carbons (Fsp3) is 0.273. The second-order valence-corrected chi connectivity index (χ2v) is 7.77. The zero-order valence-electron chi connectivity index (χ0n) is 16.0. The number of hydrogen-bond acceptors (Lipinski definition) is 5. The Morgan fingerprint density at radius 1 is 1.21 bits per heavy atom. The highest BCUT2D eigenvalue weighted by molar-refractivity contribution is 6.30. The number of Topliss-reactive ketones (excluding diaryl/α,β-unsaturated/α-hetero) is 1. The molecule has 0 fully saturated rings. The zero-order chi connectivity index (χ0) is 20.7. The molecule has 1 aliphatic heterocycles. The average Bonchev–Trinajstić information content (AvgIpc) is 2.86. The van der Waals surface area contributed by atoms with Crippen LogP contribution in [-0.2, 0) is 14.3 Å². The van der Waals surface area contributed by atoms with Gasteiger partial charge < -0.3 is 15.4 Å². The van der Waals surface area contributed by atoms with Crippen LogP contribution in [0.25, 0.3) is 0 Å². The van der Waals surface area contributed by atoms with E-state index in [9.17, 15) is 14.0 Å². The Morgan fingerprint density at radius 2 is 1.93 bits per heavy atom. The number of carbonyl (C=O) groups excluding carboxylic acids is 2. The lowest BCUT2D eigenvalue weighted by Gasteiger charge is -2.32. The van der Waals surface area contributed by atoms with Gasteiger partial charge in [-0.3, -0.25) is 9.59 Å². The van der Waals surface area contributed by atoms with Crippen molar-refractivity contribution in [1.29, 1.82) is 0 Å². The molecule has 2 aliphatic rings. The van der Waals surface area contributed by atoms with Gasteiger partial charge in [0.05, 0.1) is 29.5 Å². The molecule has 0 radical (unpaired) electrons. The Labute approximate surface area is 172 Å². The molecule has 0 spiro atoms. The van der Waals surface area contributed by atoms with Crippen molar-refractivity contribution in [2.75, 3.05) is 17.7 Å². The minimum Gasteiger partial charge on any atom is -0.468 e. The average molecular weight is 415 g/mol. The third-order valence-electron chi connectivity index (χ3n) is 5.50. The highest BCUT2D eigenvalue weighted by atomic mass is 35.5. The highest BCUT2D eigenvalue weighted by Crippen LogP contribution is 2.44. The van der Waals surface area contributed by atoms with E-state index in [1.165, 1.54) is 19.2 Å². The third-order valence-corrected chi connectivity index (χ3v) is 5.81. The molecular formula is C22H20ClFN2O3. The van der Waals surface area contributed by atoms with Crippen LogP contribution in [0.3, 0.4) is 0 Å². The maximum absolute atomic E-state index is 14.2. The number of allylic oxidation sites excluding steroid dienone is 1. The summed E-state index contributed by atoms with van der Waals surface area (Å²) in [5, 5.41) is 6.70. The van der Waals surface area contributed by atoms with Gasteiger partial charge in [0.1, 0.15) is 11.7 Å². The highest BCUT2D eigenvalue weighted by Gasteiger charge is 2.44. The Hall–Kier alpha value is -2.86. The Kier molecular flexibility index (Phi) is 5.04. The van der Waals surface area contributed by atoms with Crippen molar-refractivity contribution in [3.63, 3.8) is 0 Å². The van der Waals surface area contributed by atoms with Gasteiger partial charge in [-0.25, -0.2) is 4.39 Å². The van der Waals surface area contributed by atoms with E-state index in [1.54, 1.807) is 6.07 Å². The topological polar surface area (TPSA) is 67.4 Å². The summed E-state index contributed by atoms with van der Waals surface area (Å²) in [5.41, 5.74) is 3.27. The number of rotatable bonds is 2. The number of fused-ring (bicyclic) bond motifs is 1. The molecule has 1 aliphatic carbocycles. The SMILES string of the molecule is COC(=O)[C@H]1C(=O)C2=C(C[C@@H]1C)Nc1ccccc1N[C@H]2c1ccc(Cl)c(F)c1. The second-order valence-electron chi connectivity index (χ2n) is 7.36. The number of anilines is 2. The van der Waals surface area contributed by atoms with Crippen molar-refractivity contribution in [1.82, 2.24) is 0 Å². The van der Waals surface area contributed by atoms with Crippen molar-refractivity contribution in [2.24, 2.45) is 11.8 Å². The van der Waals surface area contributed by atoms with Crippen LogP contribution in [0.4, 0.5) is 15.8 Å². The van der Waals surface area contributed by atoms with Crippen molar-refractivity contribution in [3.05, 3.63) is 70.1 Å². The number of ether oxygens (including phenoxy) is 1. The van der Waals surface area contributed by atoms with Gasteiger partial charge in [0.2, 0.25) is 0 Å².